The smallest absolute Gasteiger partial charge is 0.202 e. The van der Waals surface area contributed by atoms with Crippen LogP contribution in [0.3, 0.4) is 0 Å². The lowest BCUT2D eigenvalue weighted by atomic mass is 9.78. The van der Waals surface area contributed by atoms with Gasteiger partial charge in [0.05, 0.1) is 12.3 Å². The van der Waals surface area contributed by atoms with E-state index >= 15 is 0 Å². The average molecular weight is 439 g/mol. The molecule has 0 radical (unpaired) electrons. The maximum Gasteiger partial charge on any atom is 0.202 e. The van der Waals surface area contributed by atoms with E-state index in [2.05, 4.69) is 19.9 Å². The molecule has 32 heavy (non-hydrogen) atoms. The molecule has 7 heteroatoms. The van der Waals surface area contributed by atoms with Gasteiger partial charge >= 0.3 is 0 Å². The van der Waals surface area contributed by atoms with Crippen LogP contribution in [0.2, 0.25) is 0 Å². The van der Waals surface area contributed by atoms with Crippen LogP contribution >= 0.6 is 0 Å². The van der Waals surface area contributed by atoms with Gasteiger partial charge in [0.15, 0.2) is 0 Å². The Morgan fingerprint density at radius 1 is 1.12 bits per heavy atom. The van der Waals surface area contributed by atoms with E-state index in [1.54, 1.807) is 6.07 Å². The number of anilines is 1. The Kier molecular flexibility index (Phi) is 6.44. The van der Waals surface area contributed by atoms with Crippen molar-refractivity contribution in [1.82, 2.24) is 15.0 Å². The number of rotatable bonds is 7. The van der Waals surface area contributed by atoms with Gasteiger partial charge in [-0.15, -0.1) is 0 Å². The van der Waals surface area contributed by atoms with Crippen molar-refractivity contribution >= 4 is 11.6 Å². The number of pyridine rings is 1. The minimum Gasteiger partial charge on any atom is -0.493 e. The lowest BCUT2D eigenvalue weighted by Gasteiger charge is -2.37. The Morgan fingerprint density at radius 3 is 2.66 bits per heavy atom. The molecular weight excluding hydrogens is 404 g/mol. The highest BCUT2D eigenvalue weighted by Crippen LogP contribution is 2.34. The summed E-state index contributed by atoms with van der Waals surface area (Å²) in [5.74, 6) is 3.97. The maximum absolute atomic E-state index is 12.4. The van der Waals surface area contributed by atoms with Crippen LogP contribution < -0.4 is 9.64 Å². The maximum atomic E-state index is 12.4. The van der Waals surface area contributed by atoms with Crippen LogP contribution in [0, 0.1) is 18.8 Å². The molecule has 172 valence electrons. The molecule has 0 unspecified atom stereocenters. The number of aryl methyl sites for hydroxylation is 1. The zero-order chi connectivity index (χ0) is 21.9. The number of piperazine rings is 1. The Bertz CT molecular complexity index is 927. The first-order valence-electron chi connectivity index (χ1n) is 12.2. The molecular formula is C25H34N4O3. The van der Waals surface area contributed by atoms with E-state index < -0.39 is 0 Å². The van der Waals surface area contributed by atoms with Crippen LogP contribution in [0.15, 0.2) is 22.9 Å². The molecule has 0 amide bonds. The molecule has 7 nitrogen and oxygen atoms in total. The summed E-state index contributed by atoms with van der Waals surface area (Å²) in [7, 11) is 0. The fourth-order valence-corrected chi connectivity index (χ4v) is 5.50. The average Bonchev–Trinajstić information content (AvgIpc) is 3.48. The molecule has 2 fully saturated rings. The number of ether oxygens (including phenoxy) is 1. The minimum atomic E-state index is 0.108. The number of nitrogens with zero attached hydrogens (tertiary/aromatic N) is 4. The van der Waals surface area contributed by atoms with Crippen molar-refractivity contribution in [2.24, 2.45) is 11.8 Å². The summed E-state index contributed by atoms with van der Waals surface area (Å²) in [6.07, 6.45) is 9.53. The monoisotopic (exact) mass is 438 g/mol. The molecule has 5 rings (SSSR count). The van der Waals surface area contributed by atoms with Crippen LogP contribution in [0.25, 0.3) is 0 Å². The Balaban J connectivity index is 1.02. The van der Waals surface area contributed by atoms with E-state index in [-0.39, 0.29) is 5.78 Å². The van der Waals surface area contributed by atoms with Gasteiger partial charge in [0.2, 0.25) is 11.5 Å². The lowest BCUT2D eigenvalue weighted by molar-refractivity contribution is 0.0903. The third-order valence-corrected chi connectivity index (χ3v) is 7.47. The number of ketones is 1. The number of carbonyl (C=O) groups excluding carboxylic acids is 1. The van der Waals surface area contributed by atoms with Crippen molar-refractivity contribution in [2.75, 3.05) is 44.2 Å². The van der Waals surface area contributed by atoms with Gasteiger partial charge in [-0.2, -0.15) is 0 Å². The molecule has 3 aliphatic rings. The van der Waals surface area contributed by atoms with E-state index in [9.17, 15) is 4.79 Å². The molecule has 1 saturated carbocycles. The molecule has 1 saturated heterocycles. The second kappa shape index (κ2) is 9.61. The van der Waals surface area contributed by atoms with Gasteiger partial charge in [-0.05, 0) is 50.6 Å². The summed E-state index contributed by atoms with van der Waals surface area (Å²) < 4.78 is 10.8. The first kappa shape index (κ1) is 21.4. The molecule has 1 aliphatic carbocycles. The summed E-state index contributed by atoms with van der Waals surface area (Å²) in [5, 5.41) is 3.84. The topological polar surface area (TPSA) is 71.7 Å². The van der Waals surface area contributed by atoms with Gasteiger partial charge in [-0.1, -0.05) is 18.0 Å². The van der Waals surface area contributed by atoms with Crippen molar-refractivity contribution in [3.63, 3.8) is 0 Å². The number of fused-ring (bicyclic) bond motifs is 1. The molecule has 4 heterocycles. The largest absolute Gasteiger partial charge is 0.493 e. The highest BCUT2D eigenvalue weighted by Gasteiger charge is 2.27. The molecule has 0 bridgehead atoms. The van der Waals surface area contributed by atoms with Crippen LogP contribution in [0.4, 0.5) is 5.82 Å². The van der Waals surface area contributed by atoms with Gasteiger partial charge in [0.1, 0.15) is 11.6 Å². The summed E-state index contributed by atoms with van der Waals surface area (Å²) >= 11 is 0. The number of hydrogen-bond donors (Lipinski definition) is 0. The highest BCUT2D eigenvalue weighted by atomic mass is 16.5. The van der Waals surface area contributed by atoms with Crippen LogP contribution in [0.1, 0.15) is 60.3 Å². The van der Waals surface area contributed by atoms with E-state index in [1.807, 2.05) is 19.2 Å². The van der Waals surface area contributed by atoms with Gasteiger partial charge < -0.3 is 14.2 Å². The number of Topliss-reactive ketones (excluding diaryl/α,β-unsaturated/α-hetero) is 1. The van der Waals surface area contributed by atoms with Crippen LogP contribution in [0.5, 0.6) is 5.75 Å². The summed E-state index contributed by atoms with van der Waals surface area (Å²) in [6.45, 7) is 8.11. The second-order valence-corrected chi connectivity index (χ2v) is 9.67. The number of hydrogen-bond acceptors (Lipinski definition) is 7. The summed E-state index contributed by atoms with van der Waals surface area (Å²) in [5.41, 5.74) is 2.06. The highest BCUT2D eigenvalue weighted by molar-refractivity contribution is 5.93. The standard InChI is InChI=1S/C25H34N4O3/c1-18-16-24(32-27-18)22(30)17-20-4-2-19(3-5-20)7-10-28-11-13-29(14-12-28)25-21-8-15-31-23(21)6-9-26-25/h6,9,16,19-20H,2-5,7-8,10-15,17H2,1H3. The first-order valence-corrected chi connectivity index (χ1v) is 12.2. The zero-order valence-electron chi connectivity index (χ0n) is 19.1. The van der Waals surface area contributed by atoms with E-state index in [4.69, 9.17) is 9.26 Å². The fraction of sp³-hybridized carbons (Fsp3) is 0.640. The Morgan fingerprint density at radius 2 is 1.91 bits per heavy atom. The van der Waals surface area contributed by atoms with Crippen LogP contribution in [-0.2, 0) is 6.42 Å². The minimum absolute atomic E-state index is 0.108. The number of aromatic nitrogens is 2. The third kappa shape index (κ3) is 4.82. The van der Waals surface area contributed by atoms with Crippen molar-refractivity contribution in [1.29, 1.82) is 0 Å². The quantitative estimate of drug-likeness (QED) is 0.607. The number of carbonyl (C=O) groups is 1. The predicted octanol–water partition coefficient (Wildman–Crippen LogP) is 3.90. The summed E-state index contributed by atoms with van der Waals surface area (Å²) in [4.78, 5) is 22.1. The fourth-order valence-electron chi connectivity index (χ4n) is 5.50. The second-order valence-electron chi connectivity index (χ2n) is 9.67. The van der Waals surface area contributed by atoms with E-state index in [1.165, 1.54) is 31.4 Å². The summed E-state index contributed by atoms with van der Waals surface area (Å²) in [6, 6.07) is 3.74. The van der Waals surface area contributed by atoms with Gasteiger partial charge in [0.25, 0.3) is 0 Å². The van der Waals surface area contributed by atoms with Crippen LogP contribution in [-0.4, -0.2) is 60.2 Å². The Hall–Kier alpha value is -2.41. The van der Waals surface area contributed by atoms with Crippen molar-refractivity contribution < 1.29 is 14.1 Å². The normalized spacial score (nSPS) is 23.7. The van der Waals surface area contributed by atoms with Crippen molar-refractivity contribution in [3.05, 3.63) is 35.3 Å². The molecule has 0 N–H and O–H groups in total. The van der Waals surface area contributed by atoms with Gasteiger partial charge in [-0.3, -0.25) is 9.69 Å². The third-order valence-electron chi connectivity index (χ3n) is 7.47. The SMILES string of the molecule is Cc1cc(C(=O)CC2CCC(CCN3CCN(c4nccc5c4CCO5)CC3)CC2)on1. The Labute approximate surface area is 190 Å². The lowest BCUT2D eigenvalue weighted by Crippen LogP contribution is -2.47. The zero-order valence-corrected chi connectivity index (χ0v) is 19.1. The van der Waals surface area contributed by atoms with Crippen molar-refractivity contribution in [3.8, 4) is 5.75 Å². The molecule has 0 aromatic carbocycles. The van der Waals surface area contributed by atoms with E-state index in [0.717, 1.165) is 75.2 Å². The first-order chi connectivity index (χ1) is 15.7. The molecule has 0 spiro atoms. The van der Waals surface area contributed by atoms with Crippen molar-refractivity contribution in [2.45, 2.75) is 51.9 Å². The molecule has 2 aromatic rings. The van der Waals surface area contributed by atoms with Gasteiger partial charge in [0, 0.05) is 56.8 Å². The molecule has 2 aliphatic heterocycles. The molecule has 0 atom stereocenters. The molecule has 2 aromatic heterocycles. The van der Waals surface area contributed by atoms with Gasteiger partial charge in [-0.25, -0.2) is 4.98 Å². The predicted molar refractivity (Wildman–Crippen MR) is 122 cm³/mol. The van der Waals surface area contributed by atoms with E-state index in [0.29, 0.717) is 18.1 Å².